The van der Waals surface area contributed by atoms with Crippen molar-refractivity contribution in [2.24, 2.45) is 29.4 Å². The molecule has 0 bridgehead atoms. The number of hydrogen-bond donors (Lipinski definition) is 2. The van der Waals surface area contributed by atoms with Crippen molar-refractivity contribution in [2.75, 3.05) is 38.9 Å². The van der Waals surface area contributed by atoms with Crippen molar-refractivity contribution < 1.29 is 32.7 Å². The van der Waals surface area contributed by atoms with Crippen molar-refractivity contribution in [3.63, 3.8) is 0 Å². The van der Waals surface area contributed by atoms with Crippen LogP contribution in [0.5, 0.6) is 0 Å². The van der Waals surface area contributed by atoms with E-state index in [0.29, 0.717) is 48.6 Å². The van der Waals surface area contributed by atoms with Gasteiger partial charge in [-0.2, -0.15) is 0 Å². The fourth-order valence-electron chi connectivity index (χ4n) is 7.72. The number of esters is 1. The summed E-state index contributed by atoms with van der Waals surface area (Å²) in [5.41, 5.74) is 7.31. The van der Waals surface area contributed by atoms with Gasteiger partial charge in [-0.05, 0) is 80.5 Å². The summed E-state index contributed by atoms with van der Waals surface area (Å²) in [6, 6.07) is 6.22. The van der Waals surface area contributed by atoms with Crippen molar-refractivity contribution in [1.82, 2.24) is 4.90 Å². The maximum Gasteiger partial charge on any atom is 0.374 e. The lowest BCUT2D eigenvalue weighted by Crippen LogP contribution is -2.50. The number of amides is 2. The normalized spacial score (nSPS) is 25.2. The van der Waals surface area contributed by atoms with E-state index in [0.717, 1.165) is 44.9 Å². The number of nitrogens with two attached hydrogens (primary N) is 1. The maximum absolute atomic E-state index is 14.0. The third-order valence-electron chi connectivity index (χ3n) is 10.1. The van der Waals surface area contributed by atoms with Crippen molar-refractivity contribution >= 4 is 34.4 Å². The summed E-state index contributed by atoms with van der Waals surface area (Å²) in [6.07, 6.45) is 10.7. The molecule has 10 heteroatoms. The zero-order chi connectivity index (χ0) is 31.1. The molecule has 0 unspecified atom stereocenters. The molecule has 2 heterocycles. The lowest BCUT2D eigenvalue weighted by molar-refractivity contribution is -0.142. The highest BCUT2D eigenvalue weighted by molar-refractivity contribution is 6.00. The van der Waals surface area contributed by atoms with Gasteiger partial charge in [0.15, 0.2) is 0 Å². The molecule has 3 fully saturated rings. The fourth-order valence-corrected chi connectivity index (χ4v) is 7.72. The maximum atomic E-state index is 14.0. The van der Waals surface area contributed by atoms with Crippen molar-refractivity contribution in [3.8, 4) is 0 Å². The number of carbonyl (C=O) groups excluding carboxylic acids is 3. The van der Waals surface area contributed by atoms with Gasteiger partial charge in [0.25, 0.3) is 0 Å². The monoisotopic (exact) mass is 613 g/mol. The van der Waals surface area contributed by atoms with Crippen LogP contribution in [0.25, 0.3) is 11.0 Å². The molecule has 3 N–H and O–H groups in total. The molecule has 1 saturated heterocycles. The first kappa shape index (κ1) is 32.4. The Labute approximate surface area is 259 Å². The predicted octanol–water partition coefficient (Wildman–Crippen LogP) is 5.86. The minimum Gasteiger partial charge on any atom is -0.460 e. The predicted molar refractivity (Wildman–Crippen MR) is 166 cm³/mol. The summed E-state index contributed by atoms with van der Waals surface area (Å²) >= 11 is 0. The lowest BCUT2D eigenvalue weighted by atomic mass is 9.76. The second-order valence-electron chi connectivity index (χ2n) is 12.9. The van der Waals surface area contributed by atoms with Gasteiger partial charge in [0.05, 0.1) is 13.3 Å². The summed E-state index contributed by atoms with van der Waals surface area (Å²) in [7, 11) is 1.59. The van der Waals surface area contributed by atoms with Gasteiger partial charge in [-0.25, -0.2) is 4.79 Å². The molecule has 3 aliphatic rings. The number of hydrogen-bond acceptors (Lipinski definition) is 7. The SMILES string of the molecule is COCCCOC(=O)c1cc2cc(NC(=O)[C@@H]3[C@H](C4CCCCC4)CCN3C(=O)[C@H]3CC[C@H]([C@H](N)CCF)CC3)ccc2o1. The number of rotatable bonds is 12. The molecule has 0 radical (unpaired) electrons. The second-order valence-corrected chi connectivity index (χ2v) is 12.9. The summed E-state index contributed by atoms with van der Waals surface area (Å²) in [5.74, 6) is 0.150. The zero-order valence-corrected chi connectivity index (χ0v) is 25.9. The first-order valence-corrected chi connectivity index (χ1v) is 16.5. The molecule has 5 rings (SSSR count). The molecule has 0 spiro atoms. The Morgan fingerprint density at radius 2 is 1.82 bits per heavy atom. The number of fused-ring (bicyclic) bond motifs is 1. The molecule has 2 aliphatic carbocycles. The number of halogens is 1. The number of benzene rings is 1. The van der Waals surface area contributed by atoms with E-state index in [9.17, 15) is 18.8 Å². The summed E-state index contributed by atoms with van der Waals surface area (Å²) in [4.78, 5) is 42.3. The molecule has 1 aromatic heterocycles. The Hall–Kier alpha value is -2.98. The van der Waals surface area contributed by atoms with Crippen LogP contribution < -0.4 is 11.1 Å². The van der Waals surface area contributed by atoms with Gasteiger partial charge in [-0.3, -0.25) is 14.0 Å². The van der Waals surface area contributed by atoms with Gasteiger partial charge in [0.2, 0.25) is 17.6 Å². The van der Waals surface area contributed by atoms with Crippen LogP contribution in [-0.2, 0) is 19.1 Å². The Bertz CT molecular complexity index is 1270. The third kappa shape index (κ3) is 7.62. The van der Waals surface area contributed by atoms with E-state index in [1.807, 2.05) is 4.90 Å². The van der Waals surface area contributed by atoms with Crippen LogP contribution in [0.4, 0.5) is 10.1 Å². The standard InChI is InChI=1S/C34H48FN3O6/c1-42-18-5-19-43-34(41)30-21-25-20-26(12-13-29(25)44-30)37-32(39)31-27(22-6-3-2-4-7-22)15-17-38(31)33(40)24-10-8-23(9-11-24)28(36)14-16-35/h12-13,20-24,27-28,31H,2-11,14-19,36H2,1H3,(H,37,39)/t23-,24-,27-,28+,31-/m0/s1. The molecule has 242 valence electrons. The molecule has 2 amide bonds. The first-order valence-electron chi connectivity index (χ1n) is 16.5. The summed E-state index contributed by atoms with van der Waals surface area (Å²) in [6.45, 7) is 0.914. The number of nitrogens with one attached hydrogen (secondary N) is 1. The quantitative estimate of drug-likeness (QED) is 0.227. The highest BCUT2D eigenvalue weighted by Gasteiger charge is 2.47. The topological polar surface area (TPSA) is 124 Å². The van der Waals surface area contributed by atoms with Gasteiger partial charge in [0, 0.05) is 49.7 Å². The van der Waals surface area contributed by atoms with Gasteiger partial charge in [-0.1, -0.05) is 32.1 Å². The summed E-state index contributed by atoms with van der Waals surface area (Å²) < 4.78 is 28.8. The summed E-state index contributed by atoms with van der Waals surface area (Å²) in [5, 5.41) is 3.78. The van der Waals surface area contributed by atoms with Gasteiger partial charge < -0.3 is 29.8 Å². The van der Waals surface area contributed by atoms with Crippen molar-refractivity contribution in [1.29, 1.82) is 0 Å². The Kier molecular flexibility index (Phi) is 11.3. The Morgan fingerprint density at radius 3 is 2.55 bits per heavy atom. The number of ether oxygens (including phenoxy) is 2. The van der Waals surface area contributed by atoms with Gasteiger partial charge in [-0.15, -0.1) is 0 Å². The van der Waals surface area contributed by atoms with E-state index < -0.39 is 18.7 Å². The van der Waals surface area contributed by atoms with E-state index in [-0.39, 0.29) is 48.0 Å². The number of methoxy groups -OCH3 is 1. The Balaban J connectivity index is 1.28. The molecular formula is C34H48FN3O6. The molecular weight excluding hydrogens is 565 g/mol. The van der Waals surface area contributed by atoms with Gasteiger partial charge in [0.1, 0.15) is 11.6 Å². The fraction of sp³-hybridized carbons (Fsp3) is 0.676. The Morgan fingerprint density at radius 1 is 1.05 bits per heavy atom. The smallest absolute Gasteiger partial charge is 0.374 e. The van der Waals surface area contributed by atoms with E-state index in [2.05, 4.69) is 5.32 Å². The molecule has 9 nitrogen and oxygen atoms in total. The molecule has 44 heavy (non-hydrogen) atoms. The molecule has 2 aromatic rings. The number of likely N-dealkylation sites (tertiary alicyclic amines) is 1. The third-order valence-corrected chi connectivity index (χ3v) is 10.1. The minimum absolute atomic E-state index is 0.0694. The van der Waals surface area contributed by atoms with E-state index in [4.69, 9.17) is 19.6 Å². The second kappa shape index (κ2) is 15.3. The highest BCUT2D eigenvalue weighted by atomic mass is 19.1. The van der Waals surface area contributed by atoms with Crippen LogP contribution in [0, 0.1) is 23.7 Å². The van der Waals surface area contributed by atoms with E-state index in [1.165, 1.54) is 19.3 Å². The average Bonchev–Trinajstić information content (AvgIpc) is 3.68. The number of nitrogens with zero attached hydrogens (tertiary/aromatic N) is 1. The zero-order valence-electron chi connectivity index (χ0n) is 25.9. The number of carbonyl (C=O) groups is 3. The van der Waals surface area contributed by atoms with Crippen LogP contribution in [0.2, 0.25) is 0 Å². The number of anilines is 1. The minimum atomic E-state index is -0.545. The lowest BCUT2D eigenvalue weighted by Gasteiger charge is -2.37. The molecule has 2 saturated carbocycles. The largest absolute Gasteiger partial charge is 0.460 e. The molecule has 3 atom stereocenters. The molecule has 1 aromatic carbocycles. The number of furan rings is 1. The van der Waals surface area contributed by atoms with Crippen LogP contribution in [-0.4, -0.2) is 68.3 Å². The van der Waals surface area contributed by atoms with E-state index in [1.54, 1.807) is 31.4 Å². The number of alkyl halides is 1. The van der Waals surface area contributed by atoms with Crippen LogP contribution in [0.3, 0.4) is 0 Å². The first-order chi connectivity index (χ1) is 21.4. The molecule has 1 aliphatic heterocycles. The average molecular weight is 614 g/mol. The highest BCUT2D eigenvalue weighted by Crippen LogP contribution is 2.41. The van der Waals surface area contributed by atoms with Crippen LogP contribution in [0.15, 0.2) is 28.7 Å². The van der Waals surface area contributed by atoms with Crippen molar-refractivity contribution in [3.05, 3.63) is 30.0 Å². The van der Waals surface area contributed by atoms with Crippen molar-refractivity contribution in [2.45, 2.75) is 89.1 Å². The van der Waals surface area contributed by atoms with Crippen LogP contribution in [0.1, 0.15) is 87.6 Å². The van der Waals surface area contributed by atoms with Gasteiger partial charge >= 0.3 is 5.97 Å². The van der Waals surface area contributed by atoms with E-state index >= 15 is 0 Å². The van der Waals surface area contributed by atoms with Crippen LogP contribution >= 0.6 is 0 Å².